The molecule has 2 aromatic rings. The Balaban J connectivity index is 1.36. The second kappa shape index (κ2) is 11.7. The largest absolute Gasteiger partial charge is 0.390 e. The van der Waals surface area contributed by atoms with Gasteiger partial charge in [-0.1, -0.05) is 18.2 Å². The van der Waals surface area contributed by atoms with Gasteiger partial charge in [-0.05, 0) is 54.7 Å². The second-order valence-corrected chi connectivity index (χ2v) is 10.6. The molecule has 0 radical (unpaired) electrons. The average molecular weight is 543 g/mol. The predicted molar refractivity (Wildman–Crippen MR) is 143 cm³/mol. The Hall–Kier alpha value is -2.89. The molecule has 0 bridgehead atoms. The molecule has 39 heavy (non-hydrogen) atoms. The highest BCUT2D eigenvalue weighted by Crippen LogP contribution is 2.45. The number of aliphatic hydroxyl groups excluding tert-OH is 1. The van der Waals surface area contributed by atoms with Gasteiger partial charge in [0.25, 0.3) is 0 Å². The lowest BCUT2D eigenvalue weighted by molar-refractivity contribution is -0.187. The van der Waals surface area contributed by atoms with Gasteiger partial charge < -0.3 is 25.2 Å². The van der Waals surface area contributed by atoms with Crippen LogP contribution in [0.3, 0.4) is 0 Å². The van der Waals surface area contributed by atoms with Gasteiger partial charge in [0.2, 0.25) is 5.91 Å². The lowest BCUT2D eigenvalue weighted by Crippen LogP contribution is -2.55. The number of nitrogens with zero attached hydrogens (tertiary/aromatic N) is 1. The van der Waals surface area contributed by atoms with Crippen molar-refractivity contribution in [3.05, 3.63) is 77.5 Å². The number of nitrogens with one attached hydrogen (secondary N) is 3. The summed E-state index contributed by atoms with van der Waals surface area (Å²) in [5, 5.41) is 19.6. The van der Waals surface area contributed by atoms with Crippen molar-refractivity contribution in [2.24, 2.45) is 0 Å². The Morgan fingerprint density at radius 3 is 2.46 bits per heavy atom. The Morgan fingerprint density at radius 1 is 1.10 bits per heavy atom. The topological polar surface area (TPSA) is 95.1 Å². The van der Waals surface area contributed by atoms with Crippen molar-refractivity contribution in [3.8, 4) is 0 Å². The van der Waals surface area contributed by atoms with Crippen molar-refractivity contribution in [3.63, 3.8) is 0 Å². The number of hydrazine groups is 1. The molecule has 1 amide bonds. The summed E-state index contributed by atoms with van der Waals surface area (Å²) < 4.78 is 39.6. The fourth-order valence-corrected chi connectivity index (χ4v) is 5.87. The molecule has 1 spiro atoms. The molecule has 8 nitrogen and oxygen atoms in total. The first-order chi connectivity index (χ1) is 18.8. The molecule has 1 saturated heterocycles. The normalized spacial score (nSPS) is 21.3. The van der Waals surface area contributed by atoms with E-state index in [9.17, 15) is 18.7 Å². The van der Waals surface area contributed by atoms with Crippen LogP contribution in [0, 0.1) is 11.6 Å². The number of halogens is 2. The number of benzene rings is 2. The number of rotatable bonds is 9. The molecule has 5 rings (SSSR count). The summed E-state index contributed by atoms with van der Waals surface area (Å²) >= 11 is 0. The van der Waals surface area contributed by atoms with Crippen molar-refractivity contribution in [2.45, 2.75) is 62.5 Å². The highest BCUT2D eigenvalue weighted by molar-refractivity contribution is 5.73. The first-order valence-corrected chi connectivity index (χ1v) is 13.5. The lowest BCUT2D eigenvalue weighted by atomic mass is 9.74. The van der Waals surface area contributed by atoms with E-state index in [2.05, 4.69) is 28.2 Å². The average Bonchev–Trinajstić information content (AvgIpc) is 3.61. The predicted octanol–water partition coefficient (Wildman–Crippen LogP) is 3.01. The number of hydrogen-bond donors (Lipinski definition) is 4. The van der Waals surface area contributed by atoms with E-state index in [4.69, 9.17) is 9.47 Å². The summed E-state index contributed by atoms with van der Waals surface area (Å²) in [5.74, 6) is -2.30. The lowest BCUT2D eigenvalue weighted by Gasteiger charge is -2.45. The van der Waals surface area contributed by atoms with Crippen LogP contribution in [0.25, 0.3) is 0 Å². The Morgan fingerprint density at radius 2 is 1.82 bits per heavy atom. The van der Waals surface area contributed by atoms with Crippen LogP contribution in [-0.4, -0.2) is 55.2 Å². The van der Waals surface area contributed by atoms with E-state index in [0.717, 1.165) is 23.9 Å². The Labute approximate surface area is 227 Å². The van der Waals surface area contributed by atoms with E-state index in [-0.39, 0.29) is 18.9 Å². The van der Waals surface area contributed by atoms with Gasteiger partial charge in [0.15, 0.2) is 5.79 Å². The minimum absolute atomic E-state index is 0.0807. The maximum Gasteiger partial charge on any atom is 0.217 e. The third-order valence-corrected chi connectivity index (χ3v) is 7.87. The highest BCUT2D eigenvalue weighted by Gasteiger charge is 2.47. The molecule has 2 aliphatic heterocycles. The van der Waals surface area contributed by atoms with Gasteiger partial charge in [-0.25, -0.2) is 14.2 Å². The number of ether oxygens (including phenoxy) is 2. The van der Waals surface area contributed by atoms with E-state index < -0.39 is 35.1 Å². The molecule has 1 saturated carbocycles. The molecule has 2 aromatic carbocycles. The number of carbonyl (C=O) groups is 1. The number of carbonyl (C=O) groups excluding carboxylic acids is 1. The van der Waals surface area contributed by atoms with E-state index in [0.29, 0.717) is 44.5 Å². The smallest absolute Gasteiger partial charge is 0.217 e. The van der Waals surface area contributed by atoms with Crippen molar-refractivity contribution in [1.82, 2.24) is 16.1 Å². The molecule has 1 aliphatic carbocycles. The molecule has 2 atom stereocenters. The van der Waals surface area contributed by atoms with Crippen molar-refractivity contribution < 1.29 is 28.2 Å². The zero-order valence-electron chi connectivity index (χ0n) is 22.1. The van der Waals surface area contributed by atoms with Gasteiger partial charge in [0.05, 0.1) is 31.0 Å². The van der Waals surface area contributed by atoms with Crippen LogP contribution in [-0.2, 0) is 26.2 Å². The SMILES string of the molecule is CC(=O)NC(Cc1cc(F)cc(F)c1)C(O)CNC1(c2cccc(N3C=CCN3)c2)CCC2(CC1)OCCO2. The highest BCUT2D eigenvalue weighted by atomic mass is 19.1. The zero-order valence-corrected chi connectivity index (χ0v) is 22.1. The third-order valence-electron chi connectivity index (χ3n) is 7.87. The van der Waals surface area contributed by atoms with Gasteiger partial charge >= 0.3 is 0 Å². The number of amides is 1. The fraction of sp³-hybridized carbons (Fsp3) is 0.483. The van der Waals surface area contributed by atoms with Crippen LogP contribution in [0.5, 0.6) is 0 Å². The minimum Gasteiger partial charge on any atom is -0.390 e. The van der Waals surface area contributed by atoms with E-state index in [1.165, 1.54) is 19.1 Å². The number of anilines is 1. The van der Waals surface area contributed by atoms with Gasteiger partial charge in [0, 0.05) is 50.7 Å². The Bertz CT molecular complexity index is 1170. The van der Waals surface area contributed by atoms with Gasteiger partial charge in [-0.15, -0.1) is 0 Å². The Kier molecular flexibility index (Phi) is 8.29. The fourth-order valence-electron chi connectivity index (χ4n) is 5.87. The van der Waals surface area contributed by atoms with Crippen molar-refractivity contribution in [1.29, 1.82) is 0 Å². The first kappa shape index (κ1) is 27.7. The molecular weight excluding hydrogens is 506 g/mol. The number of hydrogen-bond acceptors (Lipinski definition) is 7. The van der Waals surface area contributed by atoms with Gasteiger partial charge in [0.1, 0.15) is 11.6 Å². The van der Waals surface area contributed by atoms with Crippen LogP contribution >= 0.6 is 0 Å². The van der Waals surface area contributed by atoms with E-state index >= 15 is 0 Å². The van der Waals surface area contributed by atoms with Crippen LogP contribution in [0.4, 0.5) is 14.5 Å². The molecule has 0 aromatic heterocycles. The molecule has 2 heterocycles. The maximum absolute atomic E-state index is 13.8. The summed E-state index contributed by atoms with van der Waals surface area (Å²) in [5.41, 5.74) is 5.25. The minimum atomic E-state index is -1.02. The van der Waals surface area contributed by atoms with E-state index in [1.54, 1.807) is 0 Å². The zero-order chi connectivity index (χ0) is 27.5. The molecule has 10 heteroatoms. The first-order valence-electron chi connectivity index (χ1n) is 13.5. The van der Waals surface area contributed by atoms with E-state index in [1.807, 2.05) is 29.4 Å². The van der Waals surface area contributed by atoms with Crippen LogP contribution in [0.2, 0.25) is 0 Å². The third kappa shape index (κ3) is 6.47. The van der Waals surface area contributed by atoms with Crippen molar-refractivity contribution >= 4 is 11.6 Å². The maximum atomic E-state index is 13.8. The summed E-state index contributed by atoms with van der Waals surface area (Å²) in [7, 11) is 0. The molecule has 210 valence electrons. The summed E-state index contributed by atoms with van der Waals surface area (Å²) in [4.78, 5) is 11.9. The molecule has 3 aliphatic rings. The van der Waals surface area contributed by atoms with Gasteiger partial charge in [-0.2, -0.15) is 0 Å². The summed E-state index contributed by atoms with van der Waals surface area (Å²) in [6, 6.07) is 10.8. The summed E-state index contributed by atoms with van der Waals surface area (Å²) in [6.07, 6.45) is 5.92. The second-order valence-electron chi connectivity index (χ2n) is 10.6. The molecule has 2 fully saturated rings. The van der Waals surface area contributed by atoms with Gasteiger partial charge in [-0.3, -0.25) is 9.80 Å². The number of aliphatic hydroxyl groups is 1. The monoisotopic (exact) mass is 542 g/mol. The van der Waals surface area contributed by atoms with Crippen LogP contribution in [0.15, 0.2) is 54.7 Å². The quantitative estimate of drug-likeness (QED) is 0.387. The van der Waals surface area contributed by atoms with Crippen LogP contribution in [0.1, 0.15) is 43.7 Å². The molecular formula is C29H36F2N4O4. The summed E-state index contributed by atoms with van der Waals surface area (Å²) in [6.45, 7) is 3.44. The van der Waals surface area contributed by atoms with Crippen LogP contribution < -0.4 is 21.1 Å². The standard InChI is InChI=1S/C29H36F2N4O4/c1-20(36)34-26(16-21-14-23(30)18-24(31)15-21)27(37)19-32-28(6-8-29(9-7-28)38-12-13-39-29)22-4-2-5-25(17-22)35-11-3-10-33-35/h2-5,11,14-15,17-18,26-27,32-33,37H,6-10,12-13,16,19H2,1H3,(H,34,36). The van der Waals surface area contributed by atoms with Crippen molar-refractivity contribution in [2.75, 3.05) is 31.3 Å². The molecule has 4 N–H and O–H groups in total. The molecule has 2 unspecified atom stereocenters.